The Balaban J connectivity index is 1.38. The van der Waals surface area contributed by atoms with Crippen LogP contribution >= 0.6 is 23.1 Å². The number of hydrogen-bond donors (Lipinski definition) is 2. The molecule has 1 heterocycles. The van der Waals surface area contributed by atoms with Crippen LogP contribution in [0.3, 0.4) is 0 Å². The van der Waals surface area contributed by atoms with Crippen LogP contribution in [0.4, 0.5) is 5.13 Å². The number of amides is 1. The van der Waals surface area contributed by atoms with E-state index in [1.165, 1.54) is 48.8 Å². The van der Waals surface area contributed by atoms with E-state index in [-0.39, 0.29) is 11.9 Å². The highest BCUT2D eigenvalue weighted by molar-refractivity contribution is 8.01. The molecule has 4 atom stereocenters. The van der Waals surface area contributed by atoms with Crippen LogP contribution in [0.15, 0.2) is 4.34 Å². The SMILES string of the molecule is COCCNc1nnc(SCC(=O)NC(C)C2CC3CCC2C3)s1. The topological polar surface area (TPSA) is 76.1 Å². The van der Waals surface area contributed by atoms with Crippen molar-refractivity contribution in [3.05, 3.63) is 0 Å². The fourth-order valence-corrected chi connectivity index (χ4v) is 5.62. The lowest BCUT2D eigenvalue weighted by Gasteiger charge is -2.28. The zero-order chi connectivity index (χ0) is 16.9. The molecular formula is C16H26N4O2S2. The van der Waals surface area contributed by atoms with Crippen molar-refractivity contribution < 1.29 is 9.53 Å². The van der Waals surface area contributed by atoms with Crippen molar-refractivity contribution in [1.29, 1.82) is 0 Å². The number of aromatic nitrogens is 2. The van der Waals surface area contributed by atoms with Crippen molar-refractivity contribution in [3.63, 3.8) is 0 Å². The number of hydrogen-bond acceptors (Lipinski definition) is 7. The van der Waals surface area contributed by atoms with Gasteiger partial charge in [-0.2, -0.15) is 0 Å². The monoisotopic (exact) mass is 370 g/mol. The molecule has 2 saturated carbocycles. The summed E-state index contributed by atoms with van der Waals surface area (Å²) in [4.78, 5) is 12.2. The minimum atomic E-state index is 0.0966. The second-order valence-electron chi connectivity index (χ2n) is 6.78. The highest BCUT2D eigenvalue weighted by Gasteiger charge is 2.42. The fourth-order valence-electron chi connectivity index (χ4n) is 4.04. The molecule has 0 radical (unpaired) electrons. The maximum Gasteiger partial charge on any atom is 0.230 e. The summed E-state index contributed by atoms with van der Waals surface area (Å²) in [5, 5.41) is 15.3. The van der Waals surface area contributed by atoms with E-state index in [0.29, 0.717) is 24.8 Å². The first-order valence-electron chi connectivity index (χ1n) is 8.64. The normalized spacial score (nSPS) is 26.5. The molecule has 2 bridgehead atoms. The Bertz CT molecular complexity index is 554. The number of nitrogens with zero attached hydrogens (tertiary/aromatic N) is 2. The van der Waals surface area contributed by atoms with E-state index in [2.05, 4.69) is 27.8 Å². The van der Waals surface area contributed by atoms with E-state index in [0.717, 1.165) is 21.3 Å². The van der Waals surface area contributed by atoms with Gasteiger partial charge in [0, 0.05) is 19.7 Å². The lowest BCUT2D eigenvalue weighted by atomic mass is 9.84. The molecule has 3 rings (SSSR count). The first-order chi connectivity index (χ1) is 11.7. The molecule has 2 N–H and O–H groups in total. The third kappa shape index (κ3) is 4.61. The number of fused-ring (bicyclic) bond motifs is 2. The summed E-state index contributed by atoms with van der Waals surface area (Å²) in [7, 11) is 1.67. The molecule has 24 heavy (non-hydrogen) atoms. The van der Waals surface area contributed by atoms with Crippen LogP contribution in [-0.2, 0) is 9.53 Å². The summed E-state index contributed by atoms with van der Waals surface area (Å²) in [6.07, 6.45) is 5.43. The zero-order valence-electron chi connectivity index (χ0n) is 14.3. The van der Waals surface area contributed by atoms with E-state index in [9.17, 15) is 4.79 Å². The number of rotatable bonds is 9. The van der Waals surface area contributed by atoms with Crippen molar-refractivity contribution in [2.45, 2.75) is 43.0 Å². The van der Waals surface area contributed by atoms with Gasteiger partial charge in [0.2, 0.25) is 11.0 Å². The van der Waals surface area contributed by atoms with Crippen LogP contribution in [0.2, 0.25) is 0 Å². The molecule has 134 valence electrons. The minimum absolute atomic E-state index is 0.0966. The molecule has 0 aromatic carbocycles. The molecule has 4 unspecified atom stereocenters. The zero-order valence-corrected chi connectivity index (χ0v) is 15.9. The van der Waals surface area contributed by atoms with E-state index in [1.54, 1.807) is 7.11 Å². The predicted octanol–water partition coefficient (Wildman–Crippen LogP) is 2.63. The third-order valence-electron chi connectivity index (χ3n) is 5.14. The molecular weight excluding hydrogens is 344 g/mol. The fraction of sp³-hybridized carbons (Fsp3) is 0.812. The summed E-state index contributed by atoms with van der Waals surface area (Å²) in [6.45, 7) is 3.50. The number of carbonyl (C=O) groups is 1. The lowest BCUT2D eigenvalue weighted by molar-refractivity contribution is -0.119. The summed E-state index contributed by atoms with van der Waals surface area (Å²) in [5.41, 5.74) is 0. The van der Waals surface area contributed by atoms with Crippen LogP contribution in [0.5, 0.6) is 0 Å². The van der Waals surface area contributed by atoms with E-state index in [1.807, 2.05) is 0 Å². The number of thioether (sulfide) groups is 1. The Labute approximate surface area is 151 Å². The summed E-state index contributed by atoms with van der Waals surface area (Å²) >= 11 is 2.92. The van der Waals surface area contributed by atoms with E-state index in [4.69, 9.17) is 4.74 Å². The molecule has 2 fully saturated rings. The molecule has 1 amide bonds. The van der Waals surface area contributed by atoms with Crippen LogP contribution in [0.25, 0.3) is 0 Å². The van der Waals surface area contributed by atoms with Gasteiger partial charge in [0.05, 0.1) is 12.4 Å². The molecule has 2 aliphatic carbocycles. The molecule has 6 nitrogen and oxygen atoms in total. The summed E-state index contributed by atoms with van der Waals surface area (Å²) < 4.78 is 5.80. The minimum Gasteiger partial charge on any atom is -0.383 e. The van der Waals surface area contributed by atoms with Crippen molar-refractivity contribution in [2.24, 2.45) is 17.8 Å². The van der Waals surface area contributed by atoms with E-state index >= 15 is 0 Å². The Morgan fingerprint density at radius 2 is 2.29 bits per heavy atom. The standard InChI is InChI=1S/C16H26N4O2S2/c1-10(13-8-11-3-4-12(13)7-11)18-14(21)9-23-16-20-19-15(24-16)17-5-6-22-2/h10-13H,3-9H2,1-2H3,(H,17,19)(H,18,21). The molecule has 0 aliphatic heterocycles. The quantitative estimate of drug-likeness (QED) is 0.514. The molecule has 8 heteroatoms. The molecule has 2 aliphatic rings. The number of nitrogens with one attached hydrogen (secondary N) is 2. The average Bonchev–Trinajstić information content (AvgIpc) is 3.30. The Hall–Kier alpha value is -0.860. The van der Waals surface area contributed by atoms with Gasteiger partial charge < -0.3 is 15.4 Å². The van der Waals surface area contributed by atoms with Gasteiger partial charge in [-0.05, 0) is 43.9 Å². The van der Waals surface area contributed by atoms with Gasteiger partial charge in [0.25, 0.3) is 0 Å². The smallest absolute Gasteiger partial charge is 0.230 e. The van der Waals surface area contributed by atoms with Gasteiger partial charge in [-0.1, -0.05) is 29.5 Å². The number of anilines is 1. The van der Waals surface area contributed by atoms with Crippen molar-refractivity contribution in [3.8, 4) is 0 Å². The first kappa shape index (κ1) is 17.9. The summed E-state index contributed by atoms with van der Waals surface area (Å²) in [5.74, 6) is 2.92. The van der Waals surface area contributed by atoms with Gasteiger partial charge in [-0.3, -0.25) is 4.79 Å². The van der Waals surface area contributed by atoms with Gasteiger partial charge in [-0.15, -0.1) is 10.2 Å². The summed E-state index contributed by atoms with van der Waals surface area (Å²) in [6, 6.07) is 0.286. The van der Waals surface area contributed by atoms with Gasteiger partial charge in [0.15, 0.2) is 4.34 Å². The first-order valence-corrected chi connectivity index (χ1v) is 10.4. The number of ether oxygens (including phenoxy) is 1. The number of carbonyl (C=O) groups excluding carboxylic acids is 1. The Morgan fingerprint density at radius 1 is 1.42 bits per heavy atom. The number of methoxy groups -OCH3 is 1. The van der Waals surface area contributed by atoms with Crippen LogP contribution < -0.4 is 10.6 Å². The largest absolute Gasteiger partial charge is 0.383 e. The molecule has 0 saturated heterocycles. The highest BCUT2D eigenvalue weighted by Crippen LogP contribution is 2.49. The molecule has 0 spiro atoms. The maximum absolute atomic E-state index is 12.2. The van der Waals surface area contributed by atoms with Gasteiger partial charge >= 0.3 is 0 Å². The van der Waals surface area contributed by atoms with Crippen molar-refractivity contribution in [2.75, 3.05) is 31.3 Å². The molecule has 1 aromatic rings. The van der Waals surface area contributed by atoms with E-state index < -0.39 is 0 Å². The Morgan fingerprint density at radius 3 is 3.00 bits per heavy atom. The molecule has 1 aromatic heterocycles. The second kappa shape index (κ2) is 8.49. The Kier molecular flexibility index (Phi) is 6.35. The average molecular weight is 371 g/mol. The maximum atomic E-state index is 12.2. The van der Waals surface area contributed by atoms with Crippen LogP contribution in [0, 0.1) is 17.8 Å². The third-order valence-corrected chi connectivity index (χ3v) is 7.15. The van der Waals surface area contributed by atoms with Crippen molar-refractivity contribution >= 4 is 34.1 Å². The second-order valence-corrected chi connectivity index (χ2v) is 8.98. The highest BCUT2D eigenvalue weighted by atomic mass is 32.2. The van der Waals surface area contributed by atoms with Crippen molar-refractivity contribution in [1.82, 2.24) is 15.5 Å². The van der Waals surface area contributed by atoms with Gasteiger partial charge in [0.1, 0.15) is 0 Å². The van der Waals surface area contributed by atoms with Crippen LogP contribution in [0.1, 0.15) is 32.6 Å². The lowest BCUT2D eigenvalue weighted by Crippen LogP contribution is -2.40. The van der Waals surface area contributed by atoms with Gasteiger partial charge in [-0.25, -0.2) is 0 Å². The predicted molar refractivity (Wildman–Crippen MR) is 97.5 cm³/mol. The van der Waals surface area contributed by atoms with Crippen LogP contribution in [-0.4, -0.2) is 48.2 Å².